The lowest BCUT2D eigenvalue weighted by Crippen LogP contribution is -2.28. The normalized spacial score (nSPS) is 17.8. The summed E-state index contributed by atoms with van der Waals surface area (Å²) in [7, 11) is 1.37. The number of anilines is 2. The Bertz CT molecular complexity index is 1250. The lowest BCUT2D eigenvalue weighted by molar-refractivity contribution is -0.147. The van der Waals surface area contributed by atoms with Crippen molar-refractivity contribution in [2.24, 2.45) is 5.92 Å². The highest BCUT2D eigenvalue weighted by atomic mass is 19.4. The molecule has 1 fully saturated rings. The van der Waals surface area contributed by atoms with Crippen LogP contribution in [0.15, 0.2) is 40.9 Å². The van der Waals surface area contributed by atoms with Crippen molar-refractivity contribution in [1.29, 1.82) is 0 Å². The van der Waals surface area contributed by atoms with Crippen molar-refractivity contribution in [3.8, 4) is 5.88 Å². The molecule has 0 atom stereocenters. The van der Waals surface area contributed by atoms with E-state index < -0.39 is 23.3 Å². The quantitative estimate of drug-likeness (QED) is 0.250. The number of hydrogen-bond donors (Lipinski definition) is 1. The number of halogens is 4. The minimum Gasteiger partial charge on any atom is -0.474 e. The molecule has 2 aromatic heterocycles. The molecule has 0 amide bonds. The number of aromatic nitrogens is 3. The Kier molecular flexibility index (Phi) is 7.69. The van der Waals surface area contributed by atoms with Crippen LogP contribution in [0.1, 0.15) is 47.5 Å². The van der Waals surface area contributed by atoms with Gasteiger partial charge in [-0.2, -0.15) is 13.2 Å². The van der Waals surface area contributed by atoms with Crippen molar-refractivity contribution in [3.63, 3.8) is 0 Å². The molecule has 1 aliphatic rings. The summed E-state index contributed by atoms with van der Waals surface area (Å²) in [6, 6.07) is 5.24. The van der Waals surface area contributed by atoms with Crippen LogP contribution in [0.5, 0.6) is 5.88 Å². The van der Waals surface area contributed by atoms with Gasteiger partial charge in [0.2, 0.25) is 11.7 Å². The Morgan fingerprint density at radius 1 is 1.11 bits per heavy atom. The second-order valence-corrected chi connectivity index (χ2v) is 8.45. The van der Waals surface area contributed by atoms with Gasteiger partial charge in [0.25, 0.3) is 5.89 Å². The third-order valence-corrected chi connectivity index (χ3v) is 5.84. The van der Waals surface area contributed by atoms with E-state index in [-0.39, 0.29) is 42.0 Å². The summed E-state index contributed by atoms with van der Waals surface area (Å²) in [5, 5.41) is 9.64. The summed E-state index contributed by atoms with van der Waals surface area (Å²) in [5.74, 6) is -2.24. The number of Topliss-reactive ketones (excluding diaryl/α,β-unsaturated/α-hetero) is 1. The number of pyridine rings is 1. The maximum atomic E-state index is 13.4. The van der Waals surface area contributed by atoms with Gasteiger partial charge >= 0.3 is 18.2 Å². The molecule has 4 rings (SSSR count). The van der Waals surface area contributed by atoms with Crippen molar-refractivity contribution in [2.75, 3.05) is 12.4 Å². The molecule has 1 aromatic carbocycles. The number of ether oxygens (including phenoxy) is 2. The summed E-state index contributed by atoms with van der Waals surface area (Å²) in [6.07, 6.45) is -0.844. The number of methoxy groups -OCH3 is 1. The second kappa shape index (κ2) is 10.9. The average Bonchev–Trinajstić information content (AvgIpc) is 3.34. The van der Waals surface area contributed by atoms with E-state index in [0.29, 0.717) is 49.3 Å². The molecule has 0 bridgehead atoms. The van der Waals surface area contributed by atoms with E-state index >= 15 is 0 Å². The molecule has 9 nitrogen and oxygen atoms in total. The van der Waals surface area contributed by atoms with E-state index in [9.17, 15) is 27.2 Å². The van der Waals surface area contributed by atoms with Crippen LogP contribution in [0.4, 0.5) is 29.3 Å². The highest BCUT2D eigenvalue weighted by molar-refractivity contribution is 5.93. The van der Waals surface area contributed by atoms with Gasteiger partial charge in [-0.25, -0.2) is 9.37 Å². The van der Waals surface area contributed by atoms with Crippen LogP contribution in [0.25, 0.3) is 0 Å². The van der Waals surface area contributed by atoms with Gasteiger partial charge in [0.1, 0.15) is 11.9 Å². The minimum atomic E-state index is -4.88. The molecule has 13 heteroatoms. The Hall–Kier alpha value is -4.03. The fourth-order valence-corrected chi connectivity index (χ4v) is 3.93. The van der Waals surface area contributed by atoms with Crippen LogP contribution in [0, 0.1) is 11.7 Å². The summed E-state index contributed by atoms with van der Waals surface area (Å²) in [4.78, 5) is 28.4. The number of ketones is 1. The van der Waals surface area contributed by atoms with Gasteiger partial charge in [-0.3, -0.25) is 9.59 Å². The number of carbonyl (C=O) groups excluding carboxylic acids is 2. The number of alkyl halides is 3. The van der Waals surface area contributed by atoms with E-state index in [2.05, 4.69) is 20.5 Å². The zero-order valence-electron chi connectivity index (χ0n) is 19.5. The first-order chi connectivity index (χ1) is 17.6. The fraction of sp³-hybridized carbons (Fsp3) is 0.375. The summed E-state index contributed by atoms with van der Waals surface area (Å²) in [5.41, 5.74) is -1.05. The Balaban J connectivity index is 1.31. The Morgan fingerprint density at radius 3 is 2.51 bits per heavy atom. The Labute approximate surface area is 208 Å². The van der Waals surface area contributed by atoms with Gasteiger partial charge in [-0.05, 0) is 49.4 Å². The molecule has 0 aliphatic heterocycles. The predicted molar refractivity (Wildman–Crippen MR) is 120 cm³/mol. The van der Waals surface area contributed by atoms with E-state index in [1.165, 1.54) is 13.3 Å². The molecule has 0 spiro atoms. The summed E-state index contributed by atoms with van der Waals surface area (Å²) in [6.45, 7) is 0. The molecule has 2 heterocycles. The number of nitrogens with one attached hydrogen (secondary N) is 1. The highest BCUT2D eigenvalue weighted by Crippen LogP contribution is 2.33. The lowest BCUT2D eigenvalue weighted by atomic mass is 9.87. The van der Waals surface area contributed by atoms with E-state index in [0.717, 1.165) is 6.07 Å². The van der Waals surface area contributed by atoms with Crippen LogP contribution in [-0.4, -0.2) is 40.1 Å². The number of hydrogen-bond acceptors (Lipinski definition) is 9. The summed E-state index contributed by atoms with van der Waals surface area (Å²) >= 11 is 0. The lowest BCUT2D eigenvalue weighted by Gasteiger charge is -2.27. The minimum absolute atomic E-state index is 0.0708. The van der Waals surface area contributed by atoms with Gasteiger partial charge in [-0.15, -0.1) is 5.10 Å². The zero-order chi connectivity index (χ0) is 26.6. The summed E-state index contributed by atoms with van der Waals surface area (Å²) < 4.78 is 68.0. The van der Waals surface area contributed by atoms with Crippen molar-refractivity contribution in [2.45, 2.75) is 44.4 Å². The molecule has 0 radical (unpaired) electrons. The first kappa shape index (κ1) is 26.0. The molecular weight excluding hydrogens is 500 g/mol. The zero-order valence-corrected chi connectivity index (χ0v) is 19.5. The van der Waals surface area contributed by atoms with Crippen LogP contribution in [-0.2, 0) is 22.1 Å². The van der Waals surface area contributed by atoms with Gasteiger partial charge in [0.15, 0.2) is 0 Å². The van der Waals surface area contributed by atoms with Crippen LogP contribution < -0.4 is 10.1 Å². The number of rotatable bonds is 8. The monoisotopic (exact) mass is 522 g/mol. The average molecular weight is 522 g/mol. The van der Waals surface area contributed by atoms with Gasteiger partial charge in [0, 0.05) is 24.4 Å². The van der Waals surface area contributed by atoms with E-state index in [4.69, 9.17) is 13.9 Å². The molecule has 1 N–H and O–H groups in total. The van der Waals surface area contributed by atoms with Crippen molar-refractivity contribution >= 4 is 23.5 Å². The number of esters is 1. The smallest absolute Gasteiger partial charge is 0.419 e. The molecule has 1 saturated carbocycles. The fourth-order valence-electron chi connectivity index (χ4n) is 3.93. The van der Waals surface area contributed by atoms with Crippen molar-refractivity contribution in [1.82, 2.24) is 15.2 Å². The second-order valence-electron chi connectivity index (χ2n) is 8.45. The first-order valence-corrected chi connectivity index (χ1v) is 11.3. The van der Waals surface area contributed by atoms with Gasteiger partial charge in [-0.1, -0.05) is 11.2 Å². The standard InChI is InChI=1S/C24H22F4N4O5/c1-35-22(34)14-3-6-16(7-4-14)36-20-9-2-13(12-29-20)10-19(33)21-31-32-23(37-21)30-15-5-8-18(25)17(11-15)24(26,27)28/h2,5,8-9,11-12,14,16H,3-4,6-7,10H2,1H3,(H,30,32). The maximum absolute atomic E-state index is 13.4. The van der Waals surface area contributed by atoms with Gasteiger partial charge in [0.05, 0.1) is 18.6 Å². The number of nitrogens with zero attached hydrogens (tertiary/aromatic N) is 3. The predicted octanol–water partition coefficient (Wildman–Crippen LogP) is 4.90. The third-order valence-electron chi connectivity index (χ3n) is 5.84. The van der Waals surface area contributed by atoms with Crippen molar-refractivity contribution < 1.29 is 41.0 Å². The van der Waals surface area contributed by atoms with Gasteiger partial charge < -0.3 is 19.2 Å². The number of carbonyl (C=O) groups is 2. The van der Waals surface area contributed by atoms with E-state index in [1.54, 1.807) is 12.1 Å². The van der Waals surface area contributed by atoms with Crippen LogP contribution in [0.3, 0.4) is 0 Å². The first-order valence-electron chi connectivity index (χ1n) is 11.3. The third kappa shape index (κ3) is 6.60. The molecule has 0 unspecified atom stereocenters. The van der Waals surface area contributed by atoms with Crippen LogP contribution in [0.2, 0.25) is 0 Å². The molecule has 1 aliphatic carbocycles. The molecular formula is C24H22F4N4O5. The maximum Gasteiger partial charge on any atom is 0.419 e. The molecule has 37 heavy (non-hydrogen) atoms. The Morgan fingerprint density at radius 2 is 1.86 bits per heavy atom. The van der Waals surface area contributed by atoms with Crippen LogP contribution >= 0.6 is 0 Å². The molecule has 196 valence electrons. The molecule has 3 aromatic rings. The number of benzene rings is 1. The largest absolute Gasteiger partial charge is 0.474 e. The topological polar surface area (TPSA) is 116 Å². The van der Waals surface area contributed by atoms with E-state index in [1.807, 2.05) is 0 Å². The van der Waals surface area contributed by atoms with Crippen molar-refractivity contribution in [3.05, 3.63) is 59.4 Å². The highest BCUT2D eigenvalue weighted by Gasteiger charge is 2.34. The molecule has 0 saturated heterocycles. The SMILES string of the molecule is COC(=O)C1CCC(Oc2ccc(CC(=O)c3nnc(Nc4ccc(F)c(C(F)(F)F)c4)o3)cn2)CC1.